The lowest BCUT2D eigenvalue weighted by Crippen LogP contribution is -2.15. The van der Waals surface area contributed by atoms with Crippen LogP contribution in [0.5, 0.6) is 5.75 Å². The van der Waals surface area contributed by atoms with Gasteiger partial charge in [0.25, 0.3) is 0 Å². The molecule has 128 valence electrons. The maximum atomic E-state index is 13.0. The number of benzene rings is 2. The number of aromatic nitrogens is 1. The van der Waals surface area contributed by atoms with Crippen molar-refractivity contribution in [2.75, 3.05) is 12.4 Å². The zero-order chi connectivity index (χ0) is 17.8. The summed E-state index contributed by atoms with van der Waals surface area (Å²) in [6.45, 7) is 0. The van der Waals surface area contributed by atoms with E-state index in [1.165, 1.54) is 19.2 Å². The normalized spacial score (nSPS) is 10.5. The van der Waals surface area contributed by atoms with E-state index in [1.54, 1.807) is 36.4 Å². The van der Waals surface area contributed by atoms with Crippen LogP contribution in [-0.2, 0) is 11.2 Å². The topological polar surface area (TPSA) is 64.4 Å². The van der Waals surface area contributed by atoms with E-state index >= 15 is 0 Å². The molecule has 3 aromatic rings. The van der Waals surface area contributed by atoms with Crippen molar-refractivity contribution in [1.82, 2.24) is 5.16 Å². The van der Waals surface area contributed by atoms with Gasteiger partial charge in [-0.2, -0.15) is 0 Å². The molecule has 0 unspecified atom stereocenters. The fourth-order valence-corrected chi connectivity index (χ4v) is 2.45. The largest absolute Gasteiger partial charge is 0.495 e. The van der Waals surface area contributed by atoms with Crippen molar-refractivity contribution in [3.05, 3.63) is 65.1 Å². The first-order chi connectivity index (χ1) is 12.0. The first kappa shape index (κ1) is 17.0. The average molecular weight is 361 g/mol. The summed E-state index contributed by atoms with van der Waals surface area (Å²) in [5.74, 6) is 0.339. The third-order valence-corrected chi connectivity index (χ3v) is 3.70. The van der Waals surface area contributed by atoms with Crippen LogP contribution in [0.15, 0.2) is 53.1 Å². The van der Waals surface area contributed by atoms with Crippen molar-refractivity contribution >= 4 is 23.2 Å². The Morgan fingerprint density at radius 3 is 2.72 bits per heavy atom. The van der Waals surface area contributed by atoms with Crippen molar-refractivity contribution in [2.45, 2.75) is 6.42 Å². The molecular formula is C18H14ClFN2O3. The minimum Gasteiger partial charge on any atom is -0.495 e. The summed E-state index contributed by atoms with van der Waals surface area (Å²) in [7, 11) is 1.51. The number of nitrogens with one attached hydrogen (secondary N) is 1. The summed E-state index contributed by atoms with van der Waals surface area (Å²) in [5, 5.41) is 7.08. The molecule has 5 nitrogen and oxygen atoms in total. The molecule has 0 aliphatic heterocycles. The molecule has 0 bridgehead atoms. The number of hydrogen-bond donors (Lipinski definition) is 1. The molecule has 0 saturated carbocycles. The van der Waals surface area contributed by atoms with Gasteiger partial charge >= 0.3 is 0 Å². The Hall–Kier alpha value is -2.86. The van der Waals surface area contributed by atoms with E-state index in [2.05, 4.69) is 10.5 Å². The van der Waals surface area contributed by atoms with Gasteiger partial charge in [0.1, 0.15) is 11.6 Å². The quantitative estimate of drug-likeness (QED) is 0.735. The summed E-state index contributed by atoms with van der Waals surface area (Å²) in [4.78, 5) is 12.2. The molecule has 7 heteroatoms. The molecule has 1 aromatic heterocycles. The van der Waals surface area contributed by atoms with E-state index in [1.807, 2.05) is 0 Å². The lowest BCUT2D eigenvalue weighted by atomic mass is 10.1. The van der Waals surface area contributed by atoms with E-state index in [9.17, 15) is 9.18 Å². The van der Waals surface area contributed by atoms with Crippen LogP contribution < -0.4 is 10.1 Å². The number of ether oxygens (including phenoxy) is 1. The van der Waals surface area contributed by atoms with Crippen LogP contribution in [0.3, 0.4) is 0 Å². The molecule has 1 N–H and O–H groups in total. The van der Waals surface area contributed by atoms with Gasteiger partial charge in [-0.15, -0.1) is 0 Å². The highest BCUT2D eigenvalue weighted by Crippen LogP contribution is 2.28. The second-order valence-corrected chi connectivity index (χ2v) is 5.70. The van der Waals surface area contributed by atoms with Gasteiger partial charge in [-0.1, -0.05) is 16.8 Å². The summed E-state index contributed by atoms with van der Waals surface area (Å²) in [6.07, 6.45) is 0.0142. The summed E-state index contributed by atoms with van der Waals surface area (Å²) >= 11 is 5.94. The van der Waals surface area contributed by atoms with E-state index in [-0.39, 0.29) is 18.1 Å². The maximum absolute atomic E-state index is 13.0. The van der Waals surface area contributed by atoms with Gasteiger partial charge < -0.3 is 14.6 Å². The monoisotopic (exact) mass is 360 g/mol. The Balaban J connectivity index is 1.70. The van der Waals surface area contributed by atoms with Gasteiger partial charge in [-0.25, -0.2) is 4.39 Å². The fourth-order valence-electron chi connectivity index (χ4n) is 2.28. The number of hydrogen-bond acceptors (Lipinski definition) is 4. The minimum absolute atomic E-state index is 0.0142. The average Bonchev–Trinajstić information content (AvgIpc) is 3.04. The SMILES string of the molecule is COc1ccc(Cl)cc1NC(=O)Cc1cc(-c2ccc(F)cc2)on1. The highest BCUT2D eigenvalue weighted by atomic mass is 35.5. The highest BCUT2D eigenvalue weighted by molar-refractivity contribution is 6.31. The third-order valence-electron chi connectivity index (χ3n) is 3.46. The number of amides is 1. The Bertz CT molecular complexity index is 894. The smallest absolute Gasteiger partial charge is 0.230 e. The Kier molecular flexibility index (Phi) is 5.00. The molecule has 0 atom stereocenters. The molecule has 1 amide bonds. The molecule has 0 fully saturated rings. The number of carbonyl (C=O) groups excluding carboxylic acids is 1. The van der Waals surface area contributed by atoms with Crippen molar-refractivity contribution in [2.24, 2.45) is 0 Å². The fraction of sp³-hybridized carbons (Fsp3) is 0.111. The molecule has 0 aliphatic rings. The standard InChI is InChI=1S/C18H14ClFN2O3/c1-24-16-7-4-12(19)8-15(16)21-18(23)10-14-9-17(25-22-14)11-2-5-13(20)6-3-11/h2-9H,10H2,1H3,(H,21,23). The Labute approximate surface area is 148 Å². The van der Waals surface area contributed by atoms with Crippen molar-refractivity contribution in [3.8, 4) is 17.1 Å². The van der Waals surface area contributed by atoms with Crippen LogP contribution >= 0.6 is 11.6 Å². The molecule has 2 aromatic carbocycles. The predicted molar refractivity (Wildman–Crippen MR) is 92.2 cm³/mol. The molecule has 0 saturated heterocycles. The number of anilines is 1. The number of carbonyl (C=O) groups is 1. The van der Waals surface area contributed by atoms with E-state index in [0.29, 0.717) is 33.5 Å². The van der Waals surface area contributed by atoms with Crippen LogP contribution in [0.1, 0.15) is 5.69 Å². The molecule has 0 radical (unpaired) electrons. The summed E-state index contributed by atoms with van der Waals surface area (Å²) in [6, 6.07) is 12.4. The van der Waals surface area contributed by atoms with Crippen LogP contribution in [0.2, 0.25) is 5.02 Å². The Morgan fingerprint density at radius 1 is 1.24 bits per heavy atom. The minimum atomic E-state index is -0.335. The zero-order valence-electron chi connectivity index (χ0n) is 13.3. The highest BCUT2D eigenvalue weighted by Gasteiger charge is 2.13. The molecular weight excluding hydrogens is 347 g/mol. The molecule has 3 rings (SSSR count). The third kappa shape index (κ3) is 4.16. The van der Waals surface area contributed by atoms with Gasteiger partial charge in [-0.05, 0) is 42.5 Å². The number of halogens is 2. The van der Waals surface area contributed by atoms with E-state index in [4.69, 9.17) is 20.9 Å². The van der Waals surface area contributed by atoms with Crippen LogP contribution in [-0.4, -0.2) is 18.2 Å². The number of methoxy groups -OCH3 is 1. The first-order valence-corrected chi connectivity index (χ1v) is 7.78. The second kappa shape index (κ2) is 7.36. The van der Waals surface area contributed by atoms with Gasteiger partial charge in [0, 0.05) is 16.7 Å². The zero-order valence-corrected chi connectivity index (χ0v) is 14.0. The summed E-state index contributed by atoms with van der Waals surface area (Å²) in [5.41, 5.74) is 1.61. The predicted octanol–water partition coefficient (Wildman–Crippen LogP) is 4.32. The lowest BCUT2D eigenvalue weighted by molar-refractivity contribution is -0.115. The second-order valence-electron chi connectivity index (χ2n) is 5.26. The van der Waals surface area contributed by atoms with Crippen molar-refractivity contribution in [1.29, 1.82) is 0 Å². The van der Waals surface area contributed by atoms with Crippen molar-refractivity contribution < 1.29 is 18.4 Å². The molecule has 0 spiro atoms. The number of rotatable bonds is 5. The van der Waals surface area contributed by atoms with Gasteiger partial charge in [0.2, 0.25) is 5.91 Å². The van der Waals surface area contributed by atoms with Crippen LogP contribution in [0.25, 0.3) is 11.3 Å². The van der Waals surface area contributed by atoms with Gasteiger partial charge in [0.05, 0.1) is 24.9 Å². The summed E-state index contributed by atoms with van der Waals surface area (Å²) < 4.78 is 23.4. The maximum Gasteiger partial charge on any atom is 0.230 e. The van der Waals surface area contributed by atoms with Crippen molar-refractivity contribution in [3.63, 3.8) is 0 Å². The van der Waals surface area contributed by atoms with Gasteiger partial charge in [-0.3, -0.25) is 4.79 Å². The lowest BCUT2D eigenvalue weighted by Gasteiger charge is -2.09. The molecule has 1 heterocycles. The molecule has 0 aliphatic carbocycles. The Morgan fingerprint density at radius 2 is 2.00 bits per heavy atom. The molecule has 25 heavy (non-hydrogen) atoms. The van der Waals surface area contributed by atoms with Crippen LogP contribution in [0.4, 0.5) is 10.1 Å². The van der Waals surface area contributed by atoms with Gasteiger partial charge in [0.15, 0.2) is 5.76 Å². The first-order valence-electron chi connectivity index (χ1n) is 7.40. The van der Waals surface area contributed by atoms with Crippen LogP contribution in [0, 0.1) is 5.82 Å². The van der Waals surface area contributed by atoms with E-state index < -0.39 is 0 Å². The number of nitrogens with zero attached hydrogens (tertiary/aromatic N) is 1. The van der Waals surface area contributed by atoms with E-state index in [0.717, 1.165) is 0 Å².